The zero-order valence-corrected chi connectivity index (χ0v) is 5.96. The van der Waals surface area contributed by atoms with Crippen LogP contribution in [0.3, 0.4) is 0 Å². The molecule has 0 bridgehead atoms. The molecule has 0 rings (SSSR count). The van der Waals surface area contributed by atoms with Gasteiger partial charge in [-0.25, -0.2) is 0 Å². The van der Waals surface area contributed by atoms with Gasteiger partial charge in [-0.2, -0.15) is 0 Å². The maximum absolute atomic E-state index is 9.13. The first-order valence-electron chi connectivity index (χ1n) is 3.04. The first-order chi connectivity index (χ1) is 3.95. The van der Waals surface area contributed by atoms with Crippen LogP contribution in [-0.2, 0) is 0 Å². The fourth-order valence-corrected chi connectivity index (χ4v) is 0.706. The van der Waals surface area contributed by atoms with Gasteiger partial charge in [0, 0.05) is 6.04 Å². The van der Waals surface area contributed by atoms with E-state index in [1.54, 1.807) is 13.8 Å². The first kappa shape index (κ1) is 8.88. The zero-order chi connectivity index (χ0) is 7.49. The predicted molar refractivity (Wildman–Crippen MR) is 36.0 cm³/mol. The minimum atomic E-state index is -0.762. The van der Waals surface area contributed by atoms with Crippen LogP contribution >= 0.6 is 0 Å². The molecule has 0 amide bonds. The topological polar surface area (TPSA) is 66.5 Å². The molecule has 0 aliphatic heterocycles. The van der Waals surface area contributed by atoms with E-state index in [9.17, 15) is 0 Å². The Labute approximate surface area is 55.5 Å². The average Bonchev–Trinajstić information content (AvgIpc) is 1.62. The van der Waals surface area contributed by atoms with Gasteiger partial charge in [0.2, 0.25) is 0 Å². The lowest BCUT2D eigenvalue weighted by Gasteiger charge is -2.20. The molecule has 0 aromatic rings. The van der Waals surface area contributed by atoms with Crippen molar-refractivity contribution in [2.75, 3.05) is 6.61 Å². The van der Waals surface area contributed by atoms with E-state index in [2.05, 4.69) is 0 Å². The molecule has 0 aliphatic rings. The molecule has 3 nitrogen and oxygen atoms in total. The Hall–Kier alpha value is -0.120. The molecule has 3 heteroatoms. The first-order valence-corrected chi connectivity index (χ1v) is 3.04. The van der Waals surface area contributed by atoms with Crippen LogP contribution in [0.25, 0.3) is 0 Å². The van der Waals surface area contributed by atoms with E-state index in [1.165, 1.54) is 0 Å². The zero-order valence-electron chi connectivity index (χ0n) is 5.96. The van der Waals surface area contributed by atoms with Gasteiger partial charge in [0.25, 0.3) is 0 Å². The van der Waals surface area contributed by atoms with Crippen LogP contribution in [0.1, 0.15) is 20.3 Å². The molecule has 56 valence electrons. The number of aliphatic hydroxyl groups is 2. The summed E-state index contributed by atoms with van der Waals surface area (Å²) in [6.45, 7) is 3.27. The minimum Gasteiger partial charge on any atom is -0.395 e. The molecular weight excluding hydrogens is 118 g/mol. The van der Waals surface area contributed by atoms with Gasteiger partial charge in [-0.1, -0.05) is 0 Å². The van der Waals surface area contributed by atoms with Crippen molar-refractivity contribution in [3.05, 3.63) is 0 Å². The maximum atomic E-state index is 9.13. The molecule has 4 N–H and O–H groups in total. The van der Waals surface area contributed by atoms with Gasteiger partial charge in [0.15, 0.2) is 0 Å². The second kappa shape index (κ2) is 3.15. The fourth-order valence-electron chi connectivity index (χ4n) is 0.706. The van der Waals surface area contributed by atoms with Gasteiger partial charge >= 0.3 is 0 Å². The van der Waals surface area contributed by atoms with Gasteiger partial charge in [-0.05, 0) is 20.3 Å². The maximum Gasteiger partial charge on any atom is 0.0607 e. The van der Waals surface area contributed by atoms with E-state index in [4.69, 9.17) is 15.9 Å². The van der Waals surface area contributed by atoms with Crippen LogP contribution in [0, 0.1) is 0 Å². The summed E-state index contributed by atoms with van der Waals surface area (Å²) < 4.78 is 0. The lowest BCUT2D eigenvalue weighted by molar-refractivity contribution is 0.0557. The third-order valence-corrected chi connectivity index (χ3v) is 0.996. The van der Waals surface area contributed by atoms with Gasteiger partial charge in [-0.3, -0.25) is 0 Å². The van der Waals surface area contributed by atoms with E-state index in [0.29, 0.717) is 6.42 Å². The van der Waals surface area contributed by atoms with E-state index in [0.717, 1.165) is 0 Å². The van der Waals surface area contributed by atoms with Crippen LogP contribution in [0.2, 0.25) is 0 Å². The monoisotopic (exact) mass is 133 g/mol. The largest absolute Gasteiger partial charge is 0.395 e. The number of hydrogen-bond donors (Lipinski definition) is 3. The molecule has 0 saturated heterocycles. The van der Waals surface area contributed by atoms with Gasteiger partial charge in [0.05, 0.1) is 12.2 Å². The minimum absolute atomic E-state index is 0.0655. The van der Waals surface area contributed by atoms with Crippen LogP contribution < -0.4 is 5.73 Å². The third-order valence-electron chi connectivity index (χ3n) is 0.996. The summed E-state index contributed by atoms with van der Waals surface area (Å²) in [4.78, 5) is 0. The van der Waals surface area contributed by atoms with E-state index < -0.39 is 5.60 Å². The molecular formula is C6H15NO2. The number of rotatable bonds is 3. The number of nitrogens with two attached hydrogens (primary N) is 1. The van der Waals surface area contributed by atoms with Gasteiger partial charge in [0.1, 0.15) is 0 Å². The van der Waals surface area contributed by atoms with Gasteiger partial charge < -0.3 is 15.9 Å². The number of hydrogen-bond acceptors (Lipinski definition) is 3. The Kier molecular flexibility index (Phi) is 3.11. The second-order valence-corrected chi connectivity index (χ2v) is 2.96. The van der Waals surface area contributed by atoms with Crippen molar-refractivity contribution in [1.29, 1.82) is 0 Å². The van der Waals surface area contributed by atoms with Crippen molar-refractivity contribution < 1.29 is 10.2 Å². The molecule has 0 saturated carbocycles. The van der Waals surface area contributed by atoms with Crippen molar-refractivity contribution in [3.63, 3.8) is 0 Å². The summed E-state index contributed by atoms with van der Waals surface area (Å²) in [7, 11) is 0. The number of aliphatic hydroxyl groups excluding tert-OH is 1. The molecule has 0 fully saturated rings. The van der Waals surface area contributed by atoms with Crippen LogP contribution in [0.15, 0.2) is 0 Å². The van der Waals surface area contributed by atoms with Crippen LogP contribution in [0.4, 0.5) is 0 Å². The average molecular weight is 133 g/mol. The summed E-state index contributed by atoms with van der Waals surface area (Å²) in [6.07, 6.45) is 0.434. The van der Waals surface area contributed by atoms with Crippen LogP contribution in [0.5, 0.6) is 0 Å². The molecule has 0 spiro atoms. The summed E-state index contributed by atoms with van der Waals surface area (Å²) in [5.74, 6) is 0. The molecule has 0 heterocycles. The Morgan fingerprint density at radius 3 is 2.11 bits per heavy atom. The summed E-state index contributed by atoms with van der Waals surface area (Å²) in [6, 6.07) is -0.301. The summed E-state index contributed by atoms with van der Waals surface area (Å²) in [5, 5.41) is 17.6. The SMILES string of the molecule is CC(C)(O)CC(N)CO. The molecule has 9 heavy (non-hydrogen) atoms. The highest BCUT2D eigenvalue weighted by Crippen LogP contribution is 2.08. The van der Waals surface area contributed by atoms with Crippen LogP contribution in [-0.4, -0.2) is 28.5 Å². The molecule has 1 atom stereocenters. The highest BCUT2D eigenvalue weighted by Gasteiger charge is 2.16. The highest BCUT2D eigenvalue weighted by molar-refractivity contribution is 4.72. The normalized spacial score (nSPS) is 15.7. The molecule has 0 radical (unpaired) electrons. The standard InChI is InChI=1S/C6H15NO2/c1-6(2,9)3-5(7)4-8/h5,8-9H,3-4,7H2,1-2H3. The Bertz CT molecular complexity index is 77.6. The van der Waals surface area contributed by atoms with Crippen molar-refractivity contribution in [1.82, 2.24) is 0 Å². The molecule has 0 aromatic carbocycles. The Balaban J connectivity index is 3.47. The lowest BCUT2D eigenvalue weighted by Crippen LogP contribution is -2.34. The fraction of sp³-hybridized carbons (Fsp3) is 1.00. The summed E-state index contributed by atoms with van der Waals surface area (Å²) in [5.41, 5.74) is 4.59. The second-order valence-electron chi connectivity index (χ2n) is 2.96. The molecule has 0 aromatic heterocycles. The van der Waals surface area contributed by atoms with E-state index >= 15 is 0 Å². The van der Waals surface area contributed by atoms with Crippen molar-refractivity contribution in [2.24, 2.45) is 5.73 Å². The quantitative estimate of drug-likeness (QED) is 0.484. The van der Waals surface area contributed by atoms with Crippen molar-refractivity contribution in [2.45, 2.75) is 31.9 Å². The third kappa shape index (κ3) is 5.76. The summed E-state index contributed by atoms with van der Waals surface area (Å²) >= 11 is 0. The van der Waals surface area contributed by atoms with Crippen molar-refractivity contribution in [3.8, 4) is 0 Å². The lowest BCUT2D eigenvalue weighted by atomic mass is 10.0. The Morgan fingerprint density at radius 1 is 1.56 bits per heavy atom. The van der Waals surface area contributed by atoms with Gasteiger partial charge in [-0.15, -0.1) is 0 Å². The van der Waals surface area contributed by atoms with Crippen molar-refractivity contribution >= 4 is 0 Å². The van der Waals surface area contributed by atoms with E-state index in [1.807, 2.05) is 0 Å². The Morgan fingerprint density at radius 2 is 2.00 bits per heavy atom. The van der Waals surface area contributed by atoms with E-state index in [-0.39, 0.29) is 12.6 Å². The highest BCUT2D eigenvalue weighted by atomic mass is 16.3. The smallest absolute Gasteiger partial charge is 0.0607 e. The predicted octanol–water partition coefficient (Wildman–Crippen LogP) is -0.533. The molecule has 0 aliphatic carbocycles. The molecule has 1 unspecified atom stereocenters.